The van der Waals surface area contributed by atoms with Crippen LogP contribution in [0.3, 0.4) is 0 Å². The van der Waals surface area contributed by atoms with Gasteiger partial charge in [-0.25, -0.2) is 0 Å². The average Bonchev–Trinajstić information content (AvgIpc) is 2.48. The molecule has 1 rings (SSSR count). The van der Waals surface area contributed by atoms with Gasteiger partial charge in [0.05, 0.1) is 6.10 Å². The lowest BCUT2D eigenvalue weighted by molar-refractivity contribution is -0.123. The molecule has 0 unspecified atom stereocenters. The number of methoxy groups -OCH3 is 2. The first kappa shape index (κ1) is 17.2. The van der Waals surface area contributed by atoms with Crippen molar-refractivity contribution in [3.63, 3.8) is 0 Å². The topological polar surface area (TPSA) is 35.5 Å². The van der Waals surface area contributed by atoms with Crippen LogP contribution in [0.2, 0.25) is 0 Å². The van der Waals surface area contributed by atoms with E-state index in [1.807, 2.05) is 36.9 Å². The molecule has 0 aliphatic rings. The van der Waals surface area contributed by atoms with Crippen LogP contribution in [0.15, 0.2) is 35.2 Å². The molecule has 0 aromatic heterocycles. The van der Waals surface area contributed by atoms with E-state index < -0.39 is 6.10 Å². The van der Waals surface area contributed by atoms with Gasteiger partial charge in [-0.15, -0.1) is 11.8 Å². The van der Waals surface area contributed by atoms with Gasteiger partial charge in [-0.1, -0.05) is 32.0 Å². The number of carbonyl (C=O) groups is 1. The Bertz CT molecular complexity index is 383. The van der Waals surface area contributed by atoms with Gasteiger partial charge in [0.15, 0.2) is 0 Å². The van der Waals surface area contributed by atoms with Crippen molar-refractivity contribution in [1.29, 1.82) is 0 Å². The molecule has 0 radical (unpaired) electrons. The predicted molar refractivity (Wildman–Crippen MR) is 83.2 cm³/mol. The molecule has 0 heterocycles. The Kier molecular flexibility index (Phi) is 7.88. The van der Waals surface area contributed by atoms with Crippen LogP contribution >= 0.6 is 11.8 Å². The molecule has 1 aromatic rings. The summed E-state index contributed by atoms with van der Waals surface area (Å²) in [6, 6.07) is 10.3. The van der Waals surface area contributed by atoms with Crippen molar-refractivity contribution in [2.75, 3.05) is 20.0 Å². The lowest BCUT2D eigenvalue weighted by Crippen LogP contribution is -2.38. The van der Waals surface area contributed by atoms with Gasteiger partial charge < -0.3 is 14.3 Å². The van der Waals surface area contributed by atoms with Crippen molar-refractivity contribution in [2.24, 2.45) is 11.8 Å². The Morgan fingerprint density at radius 1 is 1.15 bits per heavy atom. The summed E-state index contributed by atoms with van der Waals surface area (Å²) in [7, 11) is 3.26. The number of hydrogen-bond acceptors (Lipinski definition) is 4. The number of aldehydes is 1. The minimum atomic E-state index is -0.413. The van der Waals surface area contributed by atoms with Crippen molar-refractivity contribution in [1.82, 2.24) is 0 Å². The maximum atomic E-state index is 11.0. The summed E-state index contributed by atoms with van der Waals surface area (Å²) in [5.74, 6) is 1.31. The molecule has 0 amide bonds. The first-order valence-corrected chi connectivity index (χ1v) is 7.81. The molecule has 3 nitrogen and oxygen atoms in total. The second-order valence-electron chi connectivity index (χ2n) is 5.00. The van der Waals surface area contributed by atoms with E-state index in [9.17, 15) is 4.79 Å². The van der Waals surface area contributed by atoms with Gasteiger partial charge in [0.1, 0.15) is 12.4 Å². The van der Waals surface area contributed by atoms with Gasteiger partial charge in [0, 0.05) is 30.8 Å². The van der Waals surface area contributed by atoms with E-state index in [4.69, 9.17) is 9.47 Å². The third-order valence-corrected chi connectivity index (χ3v) is 4.83. The molecule has 0 spiro atoms. The lowest BCUT2D eigenvalue weighted by atomic mass is 9.90. The van der Waals surface area contributed by atoms with Crippen LogP contribution in [-0.2, 0) is 14.3 Å². The molecule has 4 atom stereocenters. The highest BCUT2D eigenvalue weighted by Gasteiger charge is 2.29. The molecule has 0 bridgehead atoms. The Hall–Kier alpha value is -0.840. The van der Waals surface area contributed by atoms with Crippen molar-refractivity contribution in [3.8, 4) is 0 Å². The van der Waals surface area contributed by atoms with Gasteiger partial charge in [0.2, 0.25) is 0 Å². The second-order valence-corrected chi connectivity index (χ2v) is 6.09. The summed E-state index contributed by atoms with van der Waals surface area (Å²) < 4.78 is 10.8. The minimum absolute atomic E-state index is 0.00126. The van der Waals surface area contributed by atoms with E-state index in [1.54, 1.807) is 14.2 Å². The molecule has 0 aliphatic heterocycles. The Labute approximate surface area is 126 Å². The van der Waals surface area contributed by atoms with Crippen LogP contribution in [-0.4, -0.2) is 38.5 Å². The quantitative estimate of drug-likeness (QED) is 0.517. The number of rotatable bonds is 9. The molecular formula is C16H24O3S. The van der Waals surface area contributed by atoms with Crippen LogP contribution in [0.4, 0.5) is 0 Å². The van der Waals surface area contributed by atoms with Gasteiger partial charge in [-0.3, -0.25) is 0 Å². The third-order valence-electron chi connectivity index (χ3n) is 3.53. The van der Waals surface area contributed by atoms with Gasteiger partial charge in [0.25, 0.3) is 0 Å². The summed E-state index contributed by atoms with van der Waals surface area (Å²) in [5.41, 5.74) is 0. The summed E-state index contributed by atoms with van der Waals surface area (Å²) >= 11 is 1.81. The Balaban J connectivity index is 2.58. The number of carbonyl (C=O) groups excluding carboxylic acids is 1. The maximum Gasteiger partial charge on any atom is 0.149 e. The van der Waals surface area contributed by atoms with Crippen LogP contribution in [0.5, 0.6) is 0 Å². The average molecular weight is 296 g/mol. The molecule has 1 aromatic carbocycles. The number of hydrogen-bond donors (Lipinski definition) is 0. The van der Waals surface area contributed by atoms with Crippen molar-refractivity contribution < 1.29 is 14.3 Å². The summed E-state index contributed by atoms with van der Waals surface area (Å²) in [6.45, 7) is 4.15. The smallest absolute Gasteiger partial charge is 0.149 e. The fraction of sp³-hybridized carbons (Fsp3) is 0.562. The van der Waals surface area contributed by atoms with E-state index >= 15 is 0 Å². The molecule has 20 heavy (non-hydrogen) atoms. The van der Waals surface area contributed by atoms with E-state index in [1.165, 1.54) is 4.90 Å². The molecule has 4 heteroatoms. The number of thioether (sulfide) groups is 1. The van der Waals surface area contributed by atoms with Crippen LogP contribution in [0, 0.1) is 11.8 Å². The summed E-state index contributed by atoms with van der Waals surface area (Å²) in [5, 5.41) is 0. The maximum absolute atomic E-state index is 11.0. The fourth-order valence-corrected chi connectivity index (χ4v) is 3.38. The van der Waals surface area contributed by atoms with E-state index in [0.717, 1.165) is 12.0 Å². The van der Waals surface area contributed by atoms with Crippen LogP contribution in [0.25, 0.3) is 0 Å². The molecule has 0 saturated carbocycles. The molecular weight excluding hydrogens is 272 g/mol. The summed E-state index contributed by atoms with van der Waals surface area (Å²) in [4.78, 5) is 12.3. The van der Waals surface area contributed by atoms with E-state index in [2.05, 4.69) is 19.1 Å². The number of ether oxygens (including phenoxy) is 2. The zero-order valence-electron chi connectivity index (χ0n) is 12.6. The SMILES string of the molecule is CO[C@@H]([C@H](C)[C@H](C=O)OC)[C@@H](C)CSc1ccccc1. The molecule has 0 fully saturated rings. The zero-order chi connectivity index (χ0) is 15.0. The largest absolute Gasteiger partial charge is 0.381 e. The zero-order valence-corrected chi connectivity index (χ0v) is 13.4. The molecule has 0 N–H and O–H groups in total. The summed E-state index contributed by atoms with van der Waals surface area (Å²) in [6.07, 6.45) is 0.443. The highest BCUT2D eigenvalue weighted by Crippen LogP contribution is 2.27. The van der Waals surface area contributed by atoms with E-state index in [-0.39, 0.29) is 12.0 Å². The molecule has 0 saturated heterocycles. The predicted octanol–water partition coefficient (Wildman–Crippen LogP) is 3.28. The minimum Gasteiger partial charge on any atom is -0.381 e. The van der Waals surface area contributed by atoms with E-state index in [0.29, 0.717) is 5.92 Å². The Morgan fingerprint density at radius 2 is 1.80 bits per heavy atom. The van der Waals surface area contributed by atoms with Crippen molar-refractivity contribution in [2.45, 2.75) is 31.0 Å². The fourth-order valence-electron chi connectivity index (χ4n) is 2.39. The van der Waals surface area contributed by atoms with Crippen LogP contribution in [0.1, 0.15) is 13.8 Å². The highest BCUT2D eigenvalue weighted by atomic mass is 32.2. The first-order chi connectivity index (χ1) is 9.63. The standard InChI is InChI=1S/C16H24O3S/c1-12(11-20-14-8-6-5-7-9-14)16(19-4)13(2)15(10-17)18-3/h5-10,12-13,15-16H,11H2,1-4H3/t12-,13+,15-,16+/m0/s1. The highest BCUT2D eigenvalue weighted by molar-refractivity contribution is 7.99. The van der Waals surface area contributed by atoms with Gasteiger partial charge in [-0.05, 0) is 18.1 Å². The molecule has 112 valence electrons. The lowest BCUT2D eigenvalue weighted by Gasteiger charge is -2.30. The van der Waals surface area contributed by atoms with Crippen molar-refractivity contribution >= 4 is 18.0 Å². The van der Waals surface area contributed by atoms with Gasteiger partial charge >= 0.3 is 0 Å². The first-order valence-electron chi connectivity index (χ1n) is 6.82. The second kappa shape index (κ2) is 9.16. The number of benzene rings is 1. The van der Waals surface area contributed by atoms with Crippen LogP contribution < -0.4 is 0 Å². The monoisotopic (exact) mass is 296 g/mol. The normalized spacial score (nSPS) is 17.2. The van der Waals surface area contributed by atoms with Crippen molar-refractivity contribution in [3.05, 3.63) is 30.3 Å². The van der Waals surface area contributed by atoms with Gasteiger partial charge in [-0.2, -0.15) is 0 Å². The Morgan fingerprint density at radius 3 is 2.30 bits per heavy atom. The molecule has 0 aliphatic carbocycles. The third kappa shape index (κ3) is 4.93.